The minimum atomic E-state index is -1.88. The third-order valence-corrected chi connectivity index (χ3v) is 16.8. The summed E-state index contributed by atoms with van der Waals surface area (Å²) < 4.78 is 0.470. The van der Waals surface area contributed by atoms with Crippen molar-refractivity contribution < 1.29 is 62.6 Å². The van der Waals surface area contributed by atoms with E-state index in [1.807, 2.05) is 22.6 Å². The molecule has 6 rings (SSSR count). The van der Waals surface area contributed by atoms with Gasteiger partial charge in [-0.05, 0) is 102 Å². The number of nitrogens with two attached hydrogens (primary N) is 5. The van der Waals surface area contributed by atoms with Crippen LogP contribution in [0.5, 0.6) is 5.75 Å². The number of nitrogens with one attached hydrogen (secondary N) is 11. The molecule has 1 aliphatic heterocycles. The monoisotopic (exact) mass is 1470 g/mol. The molecule has 0 bridgehead atoms. The molecule has 0 spiro atoms. The largest absolute Gasteiger partial charge is 0.507 e. The second-order valence-electron chi connectivity index (χ2n) is 23.7. The first-order chi connectivity index (χ1) is 47.2. The Labute approximate surface area is 584 Å². The van der Waals surface area contributed by atoms with Crippen molar-refractivity contribution in [2.24, 2.45) is 28.7 Å². The Bertz CT molecular complexity index is 3700. The molecule has 526 valence electrons. The van der Waals surface area contributed by atoms with E-state index < -0.39 is 139 Å². The average Bonchev–Trinajstić information content (AvgIpc) is 1.82. The number of hydrogen-bond donors (Lipinski definition) is 17. The first kappa shape index (κ1) is 77.0. The Hall–Kier alpha value is -11.0. The van der Waals surface area contributed by atoms with Gasteiger partial charge in [-0.25, -0.2) is 0 Å². The highest BCUT2D eigenvalue weighted by Gasteiger charge is 2.41. The minimum absolute atomic E-state index is 0.00778. The first-order valence-corrected chi connectivity index (χ1v) is 33.0. The number of halogens is 1. The molecule has 5 aromatic carbocycles. The van der Waals surface area contributed by atoms with Gasteiger partial charge >= 0.3 is 0 Å². The number of hydrogen-bond acceptors (Lipinski definition) is 15. The lowest BCUT2D eigenvalue weighted by atomic mass is 9.98. The van der Waals surface area contributed by atoms with Gasteiger partial charge in [-0.1, -0.05) is 121 Å². The molecule has 0 aromatic heterocycles. The zero-order chi connectivity index (χ0) is 72.1. The van der Waals surface area contributed by atoms with E-state index in [2.05, 4.69) is 47.9 Å². The van der Waals surface area contributed by atoms with Crippen LogP contribution in [0.1, 0.15) is 96.0 Å². The van der Waals surface area contributed by atoms with Crippen molar-refractivity contribution in [2.45, 2.75) is 132 Å². The molecule has 99 heavy (non-hydrogen) atoms. The molecular weight excluding hydrogens is 1390 g/mol. The summed E-state index contributed by atoms with van der Waals surface area (Å²) in [4.78, 5) is 168. The van der Waals surface area contributed by atoms with Crippen molar-refractivity contribution in [3.63, 3.8) is 0 Å². The third-order valence-electron chi connectivity index (χ3n) is 16.0. The topological polar surface area (TPSA) is 514 Å². The second kappa shape index (κ2) is 38.7. The van der Waals surface area contributed by atoms with Gasteiger partial charge in [0.05, 0.1) is 16.4 Å². The predicted molar refractivity (Wildman–Crippen MR) is 373 cm³/mol. The Kier molecular flexibility index (Phi) is 30.1. The first-order valence-electron chi connectivity index (χ1n) is 31.9. The number of phenols is 1. The van der Waals surface area contributed by atoms with Crippen molar-refractivity contribution in [3.05, 3.63) is 170 Å². The highest BCUT2D eigenvalue weighted by Crippen LogP contribution is 2.23. The summed E-state index contributed by atoms with van der Waals surface area (Å²) in [5.74, 6) is -11.0. The Balaban J connectivity index is 1.23. The molecule has 0 saturated carbocycles. The van der Waals surface area contributed by atoms with E-state index in [1.165, 1.54) is 11.0 Å². The normalized spacial score (nSPS) is 14.5. The fourth-order valence-electron chi connectivity index (χ4n) is 10.9. The second-order valence-corrected chi connectivity index (χ2v) is 24.8. The van der Waals surface area contributed by atoms with Crippen molar-refractivity contribution in [1.82, 2.24) is 52.8 Å². The standard InChI is InChI=1S/C68H84IN17O13/c69-45-33-42(24-28-54(45)87)36-49(59(72)92)83-60(93)46(19-10-30-77-67(73)74)81-65(98)53-21-12-32-86(53)66(99)48(20-11-31-78-68(75)76)82-64(97)52(38-56(71)89)85-61(94)47(27-29-55(70)88)80-63(96)51(34-39-13-4-1-5-14-39)84-62(95)50(79-57(90)37-40-15-6-2-7-16-40)35-41-22-25-44(26-23-41)58(91)43-17-8-3-9-18-43/h1-9,13-18,22-26,28,33,46-53,87H,10-12,19-21,27,29-32,34-38H2,(H2,70,88)(H2,71,89)(H2,72,92)(H,79,90)(H,80,96)(H,81,98)(H,82,97)(H,83,93)(H,84,95)(H,85,94)(H4,73,74,77)(H4,75,76,78)/t46-,47-,48-,49-,50-,51-,52-,53+/m0/s1. The van der Waals surface area contributed by atoms with Crippen LogP contribution in [0.25, 0.3) is 0 Å². The molecule has 0 aliphatic carbocycles. The van der Waals surface area contributed by atoms with Gasteiger partial charge in [-0.15, -0.1) is 0 Å². The number of nitrogens with zero attached hydrogens (tertiary/aromatic N) is 1. The van der Waals surface area contributed by atoms with Gasteiger partial charge in [-0.2, -0.15) is 0 Å². The van der Waals surface area contributed by atoms with Crippen LogP contribution in [0.3, 0.4) is 0 Å². The lowest BCUT2D eigenvalue weighted by Crippen LogP contribution is -2.61. The number of guanidine groups is 2. The summed E-state index contributed by atoms with van der Waals surface area (Å²) in [5, 5.41) is 48.8. The molecule has 31 heteroatoms. The maximum absolute atomic E-state index is 14.8. The fraction of sp³-hybridized carbons (Fsp3) is 0.353. The number of ketones is 1. The Morgan fingerprint density at radius 1 is 0.495 bits per heavy atom. The number of likely N-dealkylation sites (tertiary alicyclic amines) is 1. The quantitative estimate of drug-likeness (QED) is 0.00744. The van der Waals surface area contributed by atoms with E-state index >= 15 is 0 Å². The zero-order valence-electron chi connectivity index (χ0n) is 54.2. The van der Waals surface area contributed by atoms with Crippen LogP contribution in [0.15, 0.2) is 133 Å². The lowest BCUT2D eigenvalue weighted by molar-refractivity contribution is -0.143. The van der Waals surface area contributed by atoms with Crippen molar-refractivity contribution in [2.75, 3.05) is 19.6 Å². The molecule has 1 aliphatic rings. The average molecular weight is 1470 g/mol. The van der Waals surface area contributed by atoms with Gasteiger partial charge in [0.25, 0.3) is 0 Å². The maximum Gasteiger partial charge on any atom is 0.245 e. The van der Waals surface area contributed by atoms with Crippen molar-refractivity contribution in [1.29, 1.82) is 10.8 Å². The van der Waals surface area contributed by atoms with Crippen LogP contribution in [0, 0.1) is 14.4 Å². The smallest absolute Gasteiger partial charge is 0.245 e. The molecule has 8 atom stereocenters. The summed E-state index contributed by atoms with van der Waals surface area (Å²) in [5.41, 5.74) is 31.0. The van der Waals surface area contributed by atoms with Gasteiger partial charge in [0, 0.05) is 56.4 Å². The Morgan fingerprint density at radius 3 is 1.51 bits per heavy atom. The van der Waals surface area contributed by atoms with Gasteiger partial charge in [0.15, 0.2) is 17.7 Å². The summed E-state index contributed by atoms with van der Waals surface area (Å²) in [6, 6.07) is 24.9. The fourth-order valence-corrected chi connectivity index (χ4v) is 11.5. The molecular formula is C68H84IN17O13. The van der Waals surface area contributed by atoms with Crippen LogP contribution in [0.2, 0.25) is 0 Å². The minimum Gasteiger partial charge on any atom is -0.507 e. The molecule has 1 saturated heterocycles. The predicted octanol–water partition coefficient (Wildman–Crippen LogP) is -0.964. The van der Waals surface area contributed by atoms with E-state index in [0.29, 0.717) is 37.0 Å². The molecule has 30 nitrogen and oxygen atoms in total. The summed E-state index contributed by atoms with van der Waals surface area (Å²) in [6.45, 7) is 0.0777. The van der Waals surface area contributed by atoms with Gasteiger partial charge in [-0.3, -0.25) is 68.4 Å². The lowest BCUT2D eigenvalue weighted by Gasteiger charge is -2.31. The number of carbonyl (C=O) groups is 12. The van der Waals surface area contributed by atoms with E-state index in [4.69, 9.17) is 39.5 Å². The maximum atomic E-state index is 14.8. The van der Waals surface area contributed by atoms with E-state index in [-0.39, 0.29) is 101 Å². The van der Waals surface area contributed by atoms with Crippen molar-refractivity contribution in [3.8, 4) is 5.75 Å². The van der Waals surface area contributed by atoms with Crippen LogP contribution >= 0.6 is 22.6 Å². The molecule has 0 radical (unpaired) electrons. The molecule has 11 amide bonds. The van der Waals surface area contributed by atoms with E-state index in [0.717, 1.165) is 0 Å². The van der Waals surface area contributed by atoms with Gasteiger partial charge in [0.2, 0.25) is 65.0 Å². The SMILES string of the molecule is N=C(N)NCCC[C@H](NC(=O)[C@H]1CCCN1C(=O)[C@H](CCCNC(=N)N)NC(=O)[C@H](CC(N)=O)NC(=O)[C@H](CCC(N)=O)NC(=O)[C@H](Cc1ccccc1)NC(=O)[C@H](Cc1ccc(C(=O)c2ccccc2)cc1)NC(=O)Cc1ccccc1)C(=O)N[C@@H](Cc1ccc(O)c(I)c1)C(N)=O. The van der Waals surface area contributed by atoms with E-state index in [9.17, 15) is 62.6 Å². The van der Waals surface area contributed by atoms with Crippen LogP contribution < -0.4 is 76.5 Å². The molecule has 1 heterocycles. The molecule has 1 fully saturated rings. The molecule has 22 N–H and O–H groups in total. The van der Waals surface area contributed by atoms with E-state index in [1.54, 1.807) is 127 Å². The van der Waals surface area contributed by atoms with Crippen LogP contribution in [-0.4, -0.2) is 161 Å². The number of rotatable bonds is 38. The number of primary amides is 3. The van der Waals surface area contributed by atoms with Gasteiger partial charge in [0.1, 0.15) is 54.1 Å². The highest BCUT2D eigenvalue weighted by molar-refractivity contribution is 14.1. The number of aromatic hydroxyl groups is 1. The summed E-state index contributed by atoms with van der Waals surface area (Å²) in [7, 11) is 0. The highest BCUT2D eigenvalue weighted by atomic mass is 127. The van der Waals surface area contributed by atoms with Crippen LogP contribution in [0.4, 0.5) is 0 Å². The molecule has 5 aromatic rings. The summed E-state index contributed by atoms with van der Waals surface area (Å²) in [6.07, 6.45) is -2.11. The molecule has 0 unspecified atom stereocenters. The Morgan fingerprint density at radius 2 is 0.949 bits per heavy atom. The van der Waals surface area contributed by atoms with Crippen molar-refractivity contribution >= 4 is 105 Å². The van der Waals surface area contributed by atoms with Crippen LogP contribution in [-0.2, 0) is 78.4 Å². The number of carbonyl (C=O) groups excluding carboxylic acids is 12. The zero-order valence-corrected chi connectivity index (χ0v) is 56.3. The number of amides is 11. The number of phenolic OH excluding ortho intramolecular Hbond substituents is 1. The summed E-state index contributed by atoms with van der Waals surface area (Å²) >= 11 is 1.89. The van der Waals surface area contributed by atoms with Gasteiger partial charge < -0.3 is 86.5 Å². The third kappa shape index (κ3) is 25.5. The number of benzene rings is 5.